The maximum absolute atomic E-state index is 12.6. The minimum atomic E-state index is -2.74. The average Bonchev–Trinajstić information content (AvgIpc) is 1.82. The predicted octanol–water partition coefficient (Wildman–Crippen LogP) is 0.706. The third-order valence-corrected chi connectivity index (χ3v) is 1.87. The molecular formula is C7H11F2NO2. The molecule has 0 radical (unpaired) electrons. The van der Waals surface area contributed by atoms with E-state index in [2.05, 4.69) is 5.32 Å². The number of carboxylic acid groups (broad SMARTS) is 1. The van der Waals surface area contributed by atoms with E-state index < -0.39 is 17.8 Å². The predicted molar refractivity (Wildman–Crippen MR) is 38.2 cm³/mol. The van der Waals surface area contributed by atoms with Crippen molar-refractivity contribution in [1.82, 2.24) is 5.32 Å². The zero-order valence-corrected chi connectivity index (χ0v) is 6.52. The van der Waals surface area contributed by atoms with Crippen molar-refractivity contribution in [1.29, 1.82) is 0 Å². The summed E-state index contributed by atoms with van der Waals surface area (Å²) in [5.41, 5.74) is 0. The van der Waals surface area contributed by atoms with Gasteiger partial charge in [-0.05, 0) is 12.5 Å². The van der Waals surface area contributed by atoms with Crippen LogP contribution in [-0.4, -0.2) is 30.1 Å². The zero-order valence-electron chi connectivity index (χ0n) is 6.52. The van der Waals surface area contributed by atoms with Gasteiger partial charge in [0.2, 0.25) is 0 Å². The van der Waals surface area contributed by atoms with E-state index in [9.17, 15) is 13.6 Å². The lowest BCUT2D eigenvalue weighted by atomic mass is 9.94. The standard InChI is InChI=1S/C7H11F2NO2/c8-7(9)2-5(1-6(11)12)3-10-4-7/h5,10H,1-4H2,(H,11,12)/t5-/m0/s1. The lowest BCUT2D eigenvalue weighted by Gasteiger charge is -2.28. The number of hydrogen-bond acceptors (Lipinski definition) is 2. The van der Waals surface area contributed by atoms with E-state index in [4.69, 9.17) is 5.11 Å². The third-order valence-electron chi connectivity index (χ3n) is 1.87. The summed E-state index contributed by atoms with van der Waals surface area (Å²) in [5.74, 6) is -4.19. The SMILES string of the molecule is O=C(O)C[C@@H]1CNCC(F)(F)C1. The fourth-order valence-electron chi connectivity index (χ4n) is 1.42. The largest absolute Gasteiger partial charge is 0.481 e. The summed E-state index contributed by atoms with van der Waals surface area (Å²) in [5, 5.41) is 10.9. The van der Waals surface area contributed by atoms with Crippen molar-refractivity contribution in [3.63, 3.8) is 0 Å². The van der Waals surface area contributed by atoms with Crippen LogP contribution in [0.3, 0.4) is 0 Å². The Labute approximate surface area is 68.8 Å². The first-order valence-electron chi connectivity index (χ1n) is 3.80. The van der Waals surface area contributed by atoms with Crippen LogP contribution in [0.1, 0.15) is 12.8 Å². The molecule has 0 aromatic carbocycles. The van der Waals surface area contributed by atoms with Gasteiger partial charge in [-0.2, -0.15) is 0 Å². The molecule has 0 unspecified atom stereocenters. The fraction of sp³-hybridized carbons (Fsp3) is 0.857. The molecule has 1 aliphatic heterocycles. The van der Waals surface area contributed by atoms with Crippen LogP contribution >= 0.6 is 0 Å². The van der Waals surface area contributed by atoms with E-state index in [1.54, 1.807) is 0 Å². The number of rotatable bonds is 2. The molecule has 0 spiro atoms. The Kier molecular flexibility index (Phi) is 2.62. The number of piperidine rings is 1. The molecular weight excluding hydrogens is 168 g/mol. The second kappa shape index (κ2) is 3.35. The highest BCUT2D eigenvalue weighted by atomic mass is 19.3. The number of alkyl halides is 2. The molecule has 0 saturated carbocycles. The summed E-state index contributed by atoms with van der Waals surface area (Å²) in [6.45, 7) is 0.0466. The summed E-state index contributed by atoms with van der Waals surface area (Å²) in [6.07, 6.45) is -0.491. The molecule has 70 valence electrons. The number of aliphatic carboxylic acids is 1. The van der Waals surface area contributed by atoms with Crippen LogP contribution in [0.4, 0.5) is 8.78 Å². The van der Waals surface area contributed by atoms with Crippen LogP contribution in [0.5, 0.6) is 0 Å². The van der Waals surface area contributed by atoms with Crippen LogP contribution < -0.4 is 5.32 Å². The molecule has 0 aliphatic carbocycles. The molecule has 5 heteroatoms. The van der Waals surface area contributed by atoms with E-state index in [0.29, 0.717) is 6.54 Å². The number of carbonyl (C=O) groups is 1. The highest BCUT2D eigenvalue weighted by molar-refractivity contribution is 5.67. The monoisotopic (exact) mass is 179 g/mol. The fourth-order valence-corrected chi connectivity index (χ4v) is 1.42. The molecule has 0 bridgehead atoms. The number of halogens is 2. The molecule has 12 heavy (non-hydrogen) atoms. The number of carboxylic acids is 1. The van der Waals surface area contributed by atoms with E-state index in [1.165, 1.54) is 0 Å². The Balaban J connectivity index is 2.41. The maximum Gasteiger partial charge on any atom is 0.303 e. The summed E-state index contributed by atoms with van der Waals surface area (Å²) in [7, 11) is 0. The molecule has 1 fully saturated rings. The molecule has 0 aromatic heterocycles. The molecule has 3 nitrogen and oxygen atoms in total. The van der Waals surface area contributed by atoms with Crippen LogP contribution in [0.25, 0.3) is 0 Å². The first-order chi connectivity index (χ1) is 5.49. The molecule has 1 rings (SSSR count). The van der Waals surface area contributed by atoms with Crippen LogP contribution in [0, 0.1) is 5.92 Å². The van der Waals surface area contributed by atoms with Gasteiger partial charge in [0.15, 0.2) is 0 Å². The van der Waals surface area contributed by atoms with E-state index in [1.807, 2.05) is 0 Å². The maximum atomic E-state index is 12.6. The third kappa shape index (κ3) is 2.73. The van der Waals surface area contributed by atoms with Gasteiger partial charge in [0, 0.05) is 12.8 Å². The first-order valence-corrected chi connectivity index (χ1v) is 3.80. The normalized spacial score (nSPS) is 28.3. The Morgan fingerprint density at radius 2 is 2.33 bits per heavy atom. The van der Waals surface area contributed by atoms with E-state index >= 15 is 0 Å². The molecule has 1 heterocycles. The molecule has 2 N–H and O–H groups in total. The van der Waals surface area contributed by atoms with Crippen LogP contribution in [-0.2, 0) is 4.79 Å². The van der Waals surface area contributed by atoms with Crippen LogP contribution in [0.2, 0.25) is 0 Å². The Bertz CT molecular complexity index is 184. The summed E-state index contributed by atoms with van der Waals surface area (Å²) in [6, 6.07) is 0. The van der Waals surface area contributed by atoms with Gasteiger partial charge in [-0.15, -0.1) is 0 Å². The molecule has 0 amide bonds. The molecule has 1 aliphatic rings. The Hall–Kier alpha value is -0.710. The highest BCUT2D eigenvalue weighted by Crippen LogP contribution is 2.27. The van der Waals surface area contributed by atoms with Gasteiger partial charge in [-0.1, -0.05) is 0 Å². The summed E-state index contributed by atoms with van der Waals surface area (Å²) >= 11 is 0. The van der Waals surface area contributed by atoms with Crippen molar-refractivity contribution in [3.05, 3.63) is 0 Å². The second-order valence-corrected chi connectivity index (χ2v) is 3.15. The van der Waals surface area contributed by atoms with Crippen molar-refractivity contribution >= 4 is 5.97 Å². The molecule has 0 aromatic rings. The quantitative estimate of drug-likeness (QED) is 0.656. The van der Waals surface area contributed by atoms with Gasteiger partial charge in [-0.3, -0.25) is 4.79 Å². The number of nitrogens with one attached hydrogen (secondary N) is 1. The van der Waals surface area contributed by atoms with Crippen molar-refractivity contribution in [2.24, 2.45) is 5.92 Å². The zero-order chi connectivity index (χ0) is 9.19. The Morgan fingerprint density at radius 3 is 2.83 bits per heavy atom. The van der Waals surface area contributed by atoms with Crippen LogP contribution in [0.15, 0.2) is 0 Å². The number of hydrogen-bond donors (Lipinski definition) is 2. The van der Waals surface area contributed by atoms with Crippen molar-refractivity contribution in [2.75, 3.05) is 13.1 Å². The first kappa shape index (κ1) is 9.38. The van der Waals surface area contributed by atoms with Crippen molar-refractivity contribution in [2.45, 2.75) is 18.8 Å². The topological polar surface area (TPSA) is 49.3 Å². The second-order valence-electron chi connectivity index (χ2n) is 3.15. The summed E-state index contributed by atoms with van der Waals surface area (Å²) in [4.78, 5) is 10.2. The minimum Gasteiger partial charge on any atom is -0.481 e. The van der Waals surface area contributed by atoms with Gasteiger partial charge in [0.25, 0.3) is 5.92 Å². The van der Waals surface area contributed by atoms with Gasteiger partial charge in [-0.25, -0.2) is 8.78 Å². The minimum absolute atomic E-state index is 0.178. The smallest absolute Gasteiger partial charge is 0.303 e. The van der Waals surface area contributed by atoms with Crippen molar-refractivity contribution in [3.8, 4) is 0 Å². The van der Waals surface area contributed by atoms with Gasteiger partial charge < -0.3 is 10.4 Å². The lowest BCUT2D eigenvalue weighted by molar-refractivity contribution is -0.139. The van der Waals surface area contributed by atoms with E-state index in [-0.39, 0.29) is 19.4 Å². The van der Waals surface area contributed by atoms with E-state index in [0.717, 1.165) is 0 Å². The van der Waals surface area contributed by atoms with Gasteiger partial charge >= 0.3 is 5.97 Å². The molecule has 1 atom stereocenters. The van der Waals surface area contributed by atoms with Gasteiger partial charge in [0.1, 0.15) is 0 Å². The highest BCUT2D eigenvalue weighted by Gasteiger charge is 2.36. The molecule has 1 saturated heterocycles. The average molecular weight is 179 g/mol. The van der Waals surface area contributed by atoms with Gasteiger partial charge in [0.05, 0.1) is 6.54 Å². The van der Waals surface area contributed by atoms with Crippen molar-refractivity contribution < 1.29 is 18.7 Å². The Morgan fingerprint density at radius 1 is 1.67 bits per heavy atom. The summed E-state index contributed by atoms with van der Waals surface area (Å²) < 4.78 is 25.3. The lowest BCUT2D eigenvalue weighted by Crippen LogP contribution is -2.44.